The van der Waals surface area contributed by atoms with Crippen molar-refractivity contribution in [2.24, 2.45) is 17.8 Å². The van der Waals surface area contributed by atoms with Crippen LogP contribution in [-0.4, -0.2) is 41.2 Å². The molecule has 1 saturated heterocycles. The molecule has 3 amide bonds. The molecule has 1 fully saturated rings. The lowest BCUT2D eigenvalue weighted by molar-refractivity contribution is -0.162. The number of ether oxygens (including phenoxy) is 1. The van der Waals surface area contributed by atoms with Crippen LogP contribution in [0.15, 0.2) is 72.8 Å². The van der Waals surface area contributed by atoms with Gasteiger partial charge in [-0.3, -0.25) is 19.3 Å². The molecule has 0 radical (unpaired) electrons. The van der Waals surface area contributed by atoms with Crippen molar-refractivity contribution in [3.05, 3.63) is 101 Å². The van der Waals surface area contributed by atoms with E-state index in [0.29, 0.717) is 5.69 Å². The predicted molar refractivity (Wildman–Crippen MR) is 140 cm³/mol. The summed E-state index contributed by atoms with van der Waals surface area (Å²) in [4.78, 5) is 54.8. The highest BCUT2D eigenvalue weighted by molar-refractivity contribution is 6.10. The van der Waals surface area contributed by atoms with Gasteiger partial charge in [0, 0.05) is 17.5 Å². The first kappa shape index (κ1) is 25.0. The van der Waals surface area contributed by atoms with Crippen LogP contribution in [0.2, 0.25) is 0 Å². The van der Waals surface area contributed by atoms with Gasteiger partial charge >= 0.3 is 5.97 Å². The monoisotopic (exact) mass is 526 g/mol. The van der Waals surface area contributed by atoms with Crippen molar-refractivity contribution in [2.75, 3.05) is 11.9 Å². The molecule has 8 heteroatoms. The molecule has 3 aromatic rings. The minimum Gasteiger partial charge on any atom is -0.454 e. The molecule has 198 valence electrons. The van der Waals surface area contributed by atoms with E-state index < -0.39 is 48.1 Å². The van der Waals surface area contributed by atoms with Gasteiger partial charge in [0.2, 0.25) is 11.8 Å². The van der Waals surface area contributed by atoms with Crippen molar-refractivity contribution >= 4 is 29.4 Å². The first-order valence-electron chi connectivity index (χ1n) is 13.0. The molecule has 0 aromatic heterocycles. The number of anilines is 1. The Balaban J connectivity index is 1.26. The molecule has 2 bridgehead atoms. The molecule has 0 unspecified atom stereocenters. The van der Waals surface area contributed by atoms with Gasteiger partial charge in [0.15, 0.2) is 6.61 Å². The maximum absolute atomic E-state index is 14.0. The van der Waals surface area contributed by atoms with E-state index in [1.807, 2.05) is 48.5 Å². The largest absolute Gasteiger partial charge is 0.454 e. The summed E-state index contributed by atoms with van der Waals surface area (Å²) in [6.07, 6.45) is 0. The Morgan fingerprint density at radius 2 is 1.28 bits per heavy atom. The molecule has 39 heavy (non-hydrogen) atoms. The van der Waals surface area contributed by atoms with Crippen molar-refractivity contribution < 1.29 is 28.3 Å². The van der Waals surface area contributed by atoms with E-state index in [-0.39, 0.29) is 23.7 Å². The predicted octanol–water partition coefficient (Wildman–Crippen LogP) is 4.22. The molecular formula is C31H27FN2O5. The topological polar surface area (TPSA) is 92.8 Å². The number of nitrogens with one attached hydrogen (secondary N) is 1. The highest BCUT2D eigenvalue weighted by atomic mass is 19.1. The van der Waals surface area contributed by atoms with Gasteiger partial charge in [-0.15, -0.1) is 0 Å². The fraction of sp³-hybridized carbons (Fsp3) is 0.290. The zero-order chi connectivity index (χ0) is 27.4. The van der Waals surface area contributed by atoms with Crippen LogP contribution in [0.3, 0.4) is 0 Å². The number of carbonyl (C=O) groups excluding carboxylic acids is 4. The second-order valence-electron chi connectivity index (χ2n) is 10.7. The summed E-state index contributed by atoms with van der Waals surface area (Å²) in [5.74, 6) is -4.85. The fourth-order valence-corrected chi connectivity index (χ4v) is 6.60. The number of esters is 1. The molecule has 0 spiro atoms. The number of rotatable bonds is 6. The SMILES string of the molecule is CC(C)[C@H](C(=O)OCC(=O)Nc1ccc(F)cc1)N1C(=O)[C@@H]2C3c4ccccc4C(c4ccccc43)[C@H]2C1=O. The average Bonchev–Trinajstić information content (AvgIpc) is 3.19. The first-order chi connectivity index (χ1) is 18.8. The Bertz CT molecular complexity index is 1390. The molecule has 0 saturated carbocycles. The Hall–Kier alpha value is -4.33. The summed E-state index contributed by atoms with van der Waals surface area (Å²) >= 11 is 0. The van der Waals surface area contributed by atoms with Crippen molar-refractivity contribution in [3.8, 4) is 0 Å². The Kier molecular flexibility index (Phi) is 6.05. The minimum atomic E-state index is -1.17. The van der Waals surface area contributed by atoms with Crippen LogP contribution in [0.4, 0.5) is 10.1 Å². The molecule has 7 nitrogen and oxygen atoms in total. The van der Waals surface area contributed by atoms with E-state index in [1.165, 1.54) is 24.3 Å². The van der Waals surface area contributed by atoms with Gasteiger partial charge < -0.3 is 10.1 Å². The zero-order valence-corrected chi connectivity index (χ0v) is 21.5. The number of hydrogen-bond acceptors (Lipinski definition) is 5. The van der Waals surface area contributed by atoms with E-state index in [0.717, 1.165) is 27.2 Å². The fourth-order valence-electron chi connectivity index (χ4n) is 6.60. The summed E-state index contributed by atoms with van der Waals surface area (Å²) in [7, 11) is 0. The Morgan fingerprint density at radius 3 is 1.72 bits per heavy atom. The van der Waals surface area contributed by atoms with Crippen molar-refractivity contribution in [2.45, 2.75) is 31.7 Å². The second kappa shape index (κ2) is 9.45. The van der Waals surface area contributed by atoms with Gasteiger partial charge in [-0.2, -0.15) is 0 Å². The molecule has 1 N–H and O–H groups in total. The molecule has 3 aromatic carbocycles. The van der Waals surface area contributed by atoms with E-state index >= 15 is 0 Å². The van der Waals surface area contributed by atoms with E-state index in [4.69, 9.17) is 4.74 Å². The van der Waals surface area contributed by atoms with Crippen molar-refractivity contribution in [1.82, 2.24) is 4.90 Å². The number of amides is 3. The van der Waals surface area contributed by atoms with Crippen LogP contribution in [0.25, 0.3) is 0 Å². The third-order valence-corrected chi connectivity index (χ3v) is 8.11. The smallest absolute Gasteiger partial charge is 0.330 e. The first-order valence-corrected chi connectivity index (χ1v) is 13.0. The lowest BCUT2D eigenvalue weighted by atomic mass is 9.55. The summed E-state index contributed by atoms with van der Waals surface area (Å²) in [6.45, 7) is 2.88. The highest BCUT2D eigenvalue weighted by Crippen LogP contribution is 2.61. The quantitative estimate of drug-likeness (QED) is 0.384. The molecule has 3 atom stereocenters. The van der Waals surface area contributed by atoms with Gasteiger partial charge in [0.1, 0.15) is 11.9 Å². The number of nitrogens with zero attached hydrogens (tertiary/aromatic N) is 1. The second-order valence-corrected chi connectivity index (χ2v) is 10.7. The number of halogens is 1. The molecule has 7 rings (SSSR count). The molecule has 3 aliphatic carbocycles. The molecular weight excluding hydrogens is 499 g/mol. The lowest BCUT2D eigenvalue weighted by Crippen LogP contribution is -2.49. The van der Waals surface area contributed by atoms with Crippen LogP contribution >= 0.6 is 0 Å². The van der Waals surface area contributed by atoms with Crippen LogP contribution in [0, 0.1) is 23.6 Å². The summed E-state index contributed by atoms with van der Waals surface area (Å²) in [6, 6.07) is 19.9. The highest BCUT2D eigenvalue weighted by Gasteiger charge is 2.63. The zero-order valence-electron chi connectivity index (χ0n) is 21.5. The van der Waals surface area contributed by atoms with Gasteiger partial charge in [0.25, 0.3) is 5.91 Å². The number of hydrogen-bond donors (Lipinski definition) is 1. The van der Waals surface area contributed by atoms with E-state index in [9.17, 15) is 23.6 Å². The lowest BCUT2D eigenvalue weighted by Gasteiger charge is -2.45. The summed E-state index contributed by atoms with van der Waals surface area (Å²) in [5, 5.41) is 2.53. The third-order valence-electron chi connectivity index (χ3n) is 8.11. The molecule has 1 aliphatic heterocycles. The average molecular weight is 527 g/mol. The van der Waals surface area contributed by atoms with Crippen LogP contribution < -0.4 is 5.32 Å². The molecule has 1 heterocycles. The number of imide groups is 1. The van der Waals surface area contributed by atoms with Gasteiger partial charge in [-0.1, -0.05) is 62.4 Å². The molecule has 4 aliphatic rings. The van der Waals surface area contributed by atoms with E-state index in [1.54, 1.807) is 13.8 Å². The van der Waals surface area contributed by atoms with Crippen LogP contribution in [-0.2, 0) is 23.9 Å². The maximum Gasteiger partial charge on any atom is 0.330 e. The van der Waals surface area contributed by atoms with Crippen LogP contribution in [0.5, 0.6) is 0 Å². The van der Waals surface area contributed by atoms with Crippen molar-refractivity contribution in [3.63, 3.8) is 0 Å². The standard InChI is InChI=1S/C31H27FN2O5/c1-16(2)28(31(38)39-15-23(35)33-18-13-11-17(32)12-14-18)34-29(36)26-24-19-7-3-4-8-20(19)25(27(26)30(34)37)22-10-6-5-9-21(22)24/h3-14,16,24-28H,15H2,1-2H3,(H,33,35)/t24?,25?,26-,27-,28-/m1/s1. The van der Waals surface area contributed by atoms with Crippen LogP contribution in [0.1, 0.15) is 47.9 Å². The normalized spacial score (nSPS) is 23.2. The van der Waals surface area contributed by atoms with Crippen molar-refractivity contribution in [1.29, 1.82) is 0 Å². The van der Waals surface area contributed by atoms with Gasteiger partial charge in [0.05, 0.1) is 11.8 Å². The summed E-state index contributed by atoms with van der Waals surface area (Å²) in [5.41, 5.74) is 4.54. The minimum absolute atomic E-state index is 0.279. The third kappa shape index (κ3) is 3.93. The number of likely N-dealkylation sites (tertiary alicyclic amines) is 1. The van der Waals surface area contributed by atoms with E-state index in [2.05, 4.69) is 5.32 Å². The van der Waals surface area contributed by atoms with Gasteiger partial charge in [-0.05, 0) is 52.4 Å². The number of benzene rings is 3. The van der Waals surface area contributed by atoms with Gasteiger partial charge in [-0.25, -0.2) is 9.18 Å². The maximum atomic E-state index is 14.0. The number of carbonyl (C=O) groups is 4. The Labute approximate surface area is 225 Å². The Morgan fingerprint density at radius 1 is 0.821 bits per heavy atom. The summed E-state index contributed by atoms with van der Waals surface area (Å²) < 4.78 is 18.4.